The SMILES string of the molecule is CCCCNC(=O)c1ccc(NC(=O)c2cc(Cl)cc(Cl)c2)cc1. The van der Waals surface area contributed by atoms with Gasteiger partial charge in [0.05, 0.1) is 0 Å². The lowest BCUT2D eigenvalue weighted by Crippen LogP contribution is -2.24. The zero-order valence-electron chi connectivity index (χ0n) is 13.2. The largest absolute Gasteiger partial charge is 0.352 e. The molecule has 0 aromatic heterocycles. The molecule has 2 aromatic rings. The third-order valence-electron chi connectivity index (χ3n) is 3.35. The minimum absolute atomic E-state index is 0.122. The van der Waals surface area contributed by atoms with Crippen LogP contribution in [0.2, 0.25) is 10.0 Å². The van der Waals surface area contributed by atoms with E-state index in [-0.39, 0.29) is 11.8 Å². The van der Waals surface area contributed by atoms with Crippen LogP contribution in [0.3, 0.4) is 0 Å². The Bertz CT molecular complexity index is 710. The molecule has 2 aromatic carbocycles. The van der Waals surface area contributed by atoms with Gasteiger partial charge in [0.1, 0.15) is 0 Å². The van der Waals surface area contributed by atoms with E-state index >= 15 is 0 Å². The van der Waals surface area contributed by atoms with Gasteiger partial charge in [0.2, 0.25) is 0 Å². The van der Waals surface area contributed by atoms with Crippen LogP contribution in [0.4, 0.5) is 5.69 Å². The maximum absolute atomic E-state index is 12.2. The van der Waals surface area contributed by atoms with Crippen LogP contribution in [-0.2, 0) is 0 Å². The van der Waals surface area contributed by atoms with E-state index < -0.39 is 0 Å². The summed E-state index contributed by atoms with van der Waals surface area (Å²) in [5, 5.41) is 6.38. The average Bonchev–Trinajstić information content (AvgIpc) is 2.54. The van der Waals surface area contributed by atoms with Gasteiger partial charge in [-0.25, -0.2) is 0 Å². The van der Waals surface area contributed by atoms with Gasteiger partial charge in [-0.05, 0) is 48.9 Å². The van der Waals surface area contributed by atoms with Gasteiger partial charge < -0.3 is 10.6 Å². The summed E-state index contributed by atoms with van der Waals surface area (Å²) < 4.78 is 0. The number of carbonyl (C=O) groups is 2. The molecular formula is C18H18Cl2N2O2. The maximum atomic E-state index is 12.2. The van der Waals surface area contributed by atoms with Crippen molar-refractivity contribution in [2.24, 2.45) is 0 Å². The first-order valence-electron chi connectivity index (χ1n) is 7.65. The Morgan fingerprint density at radius 1 is 0.917 bits per heavy atom. The number of nitrogens with one attached hydrogen (secondary N) is 2. The van der Waals surface area contributed by atoms with Crippen molar-refractivity contribution in [1.82, 2.24) is 5.32 Å². The summed E-state index contributed by atoms with van der Waals surface area (Å²) in [6, 6.07) is 11.3. The molecule has 2 N–H and O–H groups in total. The van der Waals surface area contributed by atoms with Crippen molar-refractivity contribution in [2.45, 2.75) is 19.8 Å². The lowest BCUT2D eigenvalue weighted by atomic mass is 10.1. The van der Waals surface area contributed by atoms with Crippen molar-refractivity contribution in [3.05, 3.63) is 63.6 Å². The fourth-order valence-corrected chi connectivity index (χ4v) is 2.60. The van der Waals surface area contributed by atoms with Crippen LogP contribution in [-0.4, -0.2) is 18.4 Å². The van der Waals surface area contributed by atoms with E-state index in [0.717, 1.165) is 12.8 Å². The van der Waals surface area contributed by atoms with Crippen molar-refractivity contribution in [2.75, 3.05) is 11.9 Å². The molecule has 126 valence electrons. The molecular weight excluding hydrogens is 347 g/mol. The molecule has 0 atom stereocenters. The number of carbonyl (C=O) groups excluding carboxylic acids is 2. The minimum Gasteiger partial charge on any atom is -0.352 e. The monoisotopic (exact) mass is 364 g/mol. The highest BCUT2D eigenvalue weighted by atomic mass is 35.5. The first kappa shape index (κ1) is 18.3. The molecule has 0 heterocycles. The number of benzene rings is 2. The third-order valence-corrected chi connectivity index (χ3v) is 3.78. The van der Waals surface area contributed by atoms with Crippen molar-refractivity contribution in [3.63, 3.8) is 0 Å². The van der Waals surface area contributed by atoms with E-state index in [2.05, 4.69) is 17.6 Å². The van der Waals surface area contributed by atoms with Gasteiger partial charge in [-0.1, -0.05) is 36.5 Å². The van der Waals surface area contributed by atoms with Crippen LogP contribution in [0.15, 0.2) is 42.5 Å². The first-order chi connectivity index (χ1) is 11.5. The van der Waals surface area contributed by atoms with Crippen LogP contribution < -0.4 is 10.6 Å². The summed E-state index contributed by atoms with van der Waals surface area (Å²) in [4.78, 5) is 24.1. The third kappa shape index (κ3) is 5.25. The van der Waals surface area contributed by atoms with E-state index in [1.165, 1.54) is 12.1 Å². The first-order valence-corrected chi connectivity index (χ1v) is 8.41. The Balaban J connectivity index is 2.00. The van der Waals surface area contributed by atoms with E-state index in [1.54, 1.807) is 30.3 Å². The second-order valence-corrected chi connectivity index (χ2v) is 6.17. The van der Waals surface area contributed by atoms with Gasteiger partial charge in [-0.2, -0.15) is 0 Å². The summed E-state index contributed by atoms with van der Waals surface area (Å²) in [5.74, 6) is -0.442. The van der Waals surface area contributed by atoms with E-state index in [0.29, 0.717) is 33.4 Å². The molecule has 0 spiro atoms. The quantitative estimate of drug-likeness (QED) is 0.724. The topological polar surface area (TPSA) is 58.2 Å². The highest BCUT2D eigenvalue weighted by Crippen LogP contribution is 2.20. The van der Waals surface area contributed by atoms with Crippen molar-refractivity contribution in [3.8, 4) is 0 Å². The number of hydrogen-bond acceptors (Lipinski definition) is 2. The zero-order chi connectivity index (χ0) is 17.5. The van der Waals surface area contributed by atoms with Crippen LogP contribution >= 0.6 is 23.2 Å². The molecule has 0 bridgehead atoms. The standard InChI is InChI=1S/C18H18Cl2N2O2/c1-2-3-8-21-17(23)12-4-6-16(7-5-12)22-18(24)13-9-14(19)11-15(20)10-13/h4-7,9-11H,2-3,8H2,1H3,(H,21,23)(H,22,24). The summed E-state index contributed by atoms with van der Waals surface area (Å²) in [6.07, 6.45) is 1.97. The number of rotatable bonds is 6. The van der Waals surface area contributed by atoms with E-state index in [9.17, 15) is 9.59 Å². The van der Waals surface area contributed by atoms with Crippen LogP contribution in [0, 0.1) is 0 Å². The Hall–Kier alpha value is -2.04. The smallest absolute Gasteiger partial charge is 0.255 e. The van der Waals surface area contributed by atoms with Crippen molar-refractivity contribution < 1.29 is 9.59 Å². The molecule has 0 unspecified atom stereocenters. The number of unbranched alkanes of at least 4 members (excludes halogenated alkanes) is 1. The highest BCUT2D eigenvalue weighted by molar-refractivity contribution is 6.35. The molecule has 0 aliphatic rings. The molecule has 2 rings (SSSR count). The molecule has 0 aliphatic heterocycles. The summed E-state index contributed by atoms with van der Waals surface area (Å²) in [7, 11) is 0. The average molecular weight is 365 g/mol. The summed E-state index contributed by atoms with van der Waals surface area (Å²) >= 11 is 11.8. The zero-order valence-corrected chi connectivity index (χ0v) is 14.7. The van der Waals surface area contributed by atoms with Crippen molar-refractivity contribution in [1.29, 1.82) is 0 Å². The second kappa shape index (κ2) is 8.71. The predicted octanol–water partition coefficient (Wildman–Crippen LogP) is 4.78. The molecule has 24 heavy (non-hydrogen) atoms. The van der Waals surface area contributed by atoms with Crippen LogP contribution in [0.5, 0.6) is 0 Å². The lowest BCUT2D eigenvalue weighted by molar-refractivity contribution is 0.0952. The Labute approximate surface area is 151 Å². The van der Waals surface area contributed by atoms with Crippen LogP contribution in [0.1, 0.15) is 40.5 Å². The van der Waals surface area contributed by atoms with Gasteiger partial charge in [-0.15, -0.1) is 0 Å². The van der Waals surface area contributed by atoms with Crippen molar-refractivity contribution >= 4 is 40.7 Å². The fourth-order valence-electron chi connectivity index (χ4n) is 2.07. The molecule has 0 aliphatic carbocycles. The van der Waals surface area contributed by atoms with E-state index in [1.807, 2.05) is 0 Å². The Morgan fingerprint density at radius 3 is 2.12 bits per heavy atom. The summed E-state index contributed by atoms with van der Waals surface area (Å²) in [6.45, 7) is 2.72. The number of halogens is 2. The molecule has 0 radical (unpaired) electrons. The number of hydrogen-bond donors (Lipinski definition) is 2. The fraction of sp³-hybridized carbons (Fsp3) is 0.222. The highest BCUT2D eigenvalue weighted by Gasteiger charge is 2.09. The number of anilines is 1. The molecule has 2 amide bonds. The molecule has 0 saturated heterocycles. The molecule has 0 fully saturated rings. The van der Waals surface area contributed by atoms with Gasteiger partial charge in [0.25, 0.3) is 11.8 Å². The molecule has 0 saturated carbocycles. The van der Waals surface area contributed by atoms with Gasteiger partial charge in [0.15, 0.2) is 0 Å². The molecule has 4 nitrogen and oxygen atoms in total. The van der Waals surface area contributed by atoms with Gasteiger partial charge in [-0.3, -0.25) is 9.59 Å². The second-order valence-electron chi connectivity index (χ2n) is 5.30. The van der Waals surface area contributed by atoms with E-state index in [4.69, 9.17) is 23.2 Å². The normalized spacial score (nSPS) is 10.3. The Kier molecular flexibility index (Phi) is 6.64. The lowest BCUT2D eigenvalue weighted by Gasteiger charge is -2.08. The maximum Gasteiger partial charge on any atom is 0.255 e. The number of amides is 2. The Morgan fingerprint density at radius 2 is 1.54 bits per heavy atom. The minimum atomic E-state index is -0.320. The summed E-state index contributed by atoms with van der Waals surface area (Å²) in [5.41, 5.74) is 1.50. The van der Waals surface area contributed by atoms with Gasteiger partial charge in [0, 0.05) is 33.4 Å². The molecule has 6 heteroatoms. The van der Waals surface area contributed by atoms with Crippen LogP contribution in [0.25, 0.3) is 0 Å². The van der Waals surface area contributed by atoms with Gasteiger partial charge >= 0.3 is 0 Å². The predicted molar refractivity (Wildman–Crippen MR) is 98.1 cm³/mol.